The molecular weight excluding hydrogens is 379 g/mol. The van der Waals surface area contributed by atoms with Gasteiger partial charge < -0.3 is 9.47 Å². The predicted octanol–water partition coefficient (Wildman–Crippen LogP) is 5.08. The van der Waals surface area contributed by atoms with Gasteiger partial charge in [0, 0.05) is 24.1 Å². The van der Waals surface area contributed by atoms with Crippen LogP contribution in [0.5, 0.6) is 0 Å². The van der Waals surface area contributed by atoms with Crippen LogP contribution in [-0.2, 0) is 16.0 Å². The third-order valence-electron chi connectivity index (χ3n) is 6.30. The average molecular weight is 407 g/mol. The van der Waals surface area contributed by atoms with Crippen molar-refractivity contribution >= 4 is 0 Å². The van der Waals surface area contributed by atoms with Crippen LogP contribution in [0, 0.1) is 11.7 Å². The summed E-state index contributed by atoms with van der Waals surface area (Å²) in [5.41, 5.74) is 4.56. The van der Waals surface area contributed by atoms with Crippen molar-refractivity contribution in [2.24, 2.45) is 5.92 Å². The lowest BCUT2D eigenvalue weighted by Crippen LogP contribution is -2.33. The Bertz CT molecular complexity index is 966. The van der Waals surface area contributed by atoms with E-state index in [1.54, 1.807) is 6.07 Å². The second kappa shape index (κ2) is 8.23. The first kappa shape index (κ1) is 19.3. The first-order chi connectivity index (χ1) is 14.7. The van der Waals surface area contributed by atoms with Gasteiger partial charge in [-0.1, -0.05) is 31.2 Å². The maximum absolute atomic E-state index is 13.1. The van der Waals surface area contributed by atoms with Crippen LogP contribution in [0.2, 0.25) is 0 Å². The number of hydrogen-bond acceptors (Lipinski definition) is 4. The molecule has 3 aliphatic rings. The van der Waals surface area contributed by atoms with Crippen LogP contribution in [0.1, 0.15) is 31.7 Å². The minimum Gasteiger partial charge on any atom is -0.490 e. The van der Waals surface area contributed by atoms with Gasteiger partial charge in [0.05, 0.1) is 11.9 Å². The zero-order valence-electron chi connectivity index (χ0n) is 17.3. The van der Waals surface area contributed by atoms with Gasteiger partial charge in [0.2, 0.25) is 0 Å². The fraction of sp³-hybridized carbons (Fsp3) is 0.400. The molecular formula is C25H27FN2O2. The number of benzene rings is 1. The molecule has 0 N–H and O–H groups in total. The molecule has 1 aromatic heterocycles. The second-order valence-corrected chi connectivity index (χ2v) is 8.44. The van der Waals surface area contributed by atoms with Crippen LogP contribution < -0.4 is 0 Å². The normalized spacial score (nSPS) is 24.1. The van der Waals surface area contributed by atoms with Gasteiger partial charge >= 0.3 is 0 Å². The highest BCUT2D eigenvalue weighted by molar-refractivity contribution is 5.59. The van der Waals surface area contributed by atoms with Crippen molar-refractivity contribution < 1.29 is 13.9 Å². The zero-order valence-corrected chi connectivity index (χ0v) is 17.3. The molecule has 5 heteroatoms. The number of nitrogens with zero attached hydrogens (tertiary/aromatic N) is 2. The summed E-state index contributed by atoms with van der Waals surface area (Å²) in [4.78, 5) is 6.76. The summed E-state index contributed by atoms with van der Waals surface area (Å²) in [7, 11) is 0. The molecule has 0 bridgehead atoms. The molecule has 156 valence electrons. The molecule has 3 heterocycles. The fourth-order valence-electron chi connectivity index (χ4n) is 4.85. The average Bonchev–Trinajstić information content (AvgIpc) is 3.23. The van der Waals surface area contributed by atoms with Crippen molar-refractivity contribution in [2.45, 2.75) is 38.8 Å². The molecule has 4 nitrogen and oxygen atoms in total. The minimum absolute atomic E-state index is 0.310. The van der Waals surface area contributed by atoms with Gasteiger partial charge in [0.25, 0.3) is 0 Å². The second-order valence-electron chi connectivity index (χ2n) is 8.44. The molecule has 0 amide bonds. The number of ether oxygens (including phenoxy) is 2. The van der Waals surface area contributed by atoms with Crippen LogP contribution in [0.4, 0.5) is 4.39 Å². The Balaban J connectivity index is 1.31. The van der Waals surface area contributed by atoms with Gasteiger partial charge in [-0.3, -0.25) is 9.88 Å². The summed E-state index contributed by atoms with van der Waals surface area (Å²) in [5.74, 6) is 2.04. The van der Waals surface area contributed by atoms with Gasteiger partial charge in [-0.2, -0.15) is 0 Å². The first-order valence-electron chi connectivity index (χ1n) is 10.8. The minimum atomic E-state index is -0.310. The quantitative estimate of drug-likeness (QED) is 0.710. The zero-order chi connectivity index (χ0) is 20.5. The highest BCUT2D eigenvalue weighted by atomic mass is 19.1. The highest BCUT2D eigenvalue weighted by Crippen LogP contribution is 2.38. The van der Waals surface area contributed by atoms with Crippen LogP contribution in [0.25, 0.3) is 11.3 Å². The van der Waals surface area contributed by atoms with E-state index in [0.29, 0.717) is 25.2 Å². The molecule has 1 aliphatic carbocycles. The Morgan fingerprint density at radius 2 is 1.93 bits per heavy atom. The largest absolute Gasteiger partial charge is 0.490 e. The number of aromatic nitrogens is 1. The highest BCUT2D eigenvalue weighted by Gasteiger charge is 2.33. The third kappa shape index (κ3) is 3.86. The molecule has 1 unspecified atom stereocenters. The Labute approximate surface area is 177 Å². The van der Waals surface area contributed by atoms with E-state index >= 15 is 0 Å². The number of allylic oxidation sites excluding steroid dienone is 2. The fourth-order valence-corrected chi connectivity index (χ4v) is 4.85. The topological polar surface area (TPSA) is 34.6 Å². The monoisotopic (exact) mass is 406 g/mol. The summed E-state index contributed by atoms with van der Waals surface area (Å²) in [6.07, 6.45) is 6.95. The summed E-state index contributed by atoms with van der Waals surface area (Å²) in [5, 5.41) is 0. The van der Waals surface area contributed by atoms with Crippen molar-refractivity contribution in [3.8, 4) is 11.3 Å². The van der Waals surface area contributed by atoms with Crippen molar-refractivity contribution in [1.82, 2.24) is 9.88 Å². The third-order valence-corrected chi connectivity index (χ3v) is 6.30. The van der Waals surface area contributed by atoms with E-state index in [0.717, 1.165) is 42.3 Å². The number of likely N-dealkylation sites (tertiary alicyclic amines) is 1. The Morgan fingerprint density at radius 3 is 2.73 bits per heavy atom. The SMILES string of the molecule is CC1CC([C@@H]2CCCN2Cc2ccc(-c3ccc(F)cn3)cc2)=CC2=C1OCCO2. The molecule has 0 radical (unpaired) electrons. The molecule has 2 aromatic rings. The number of rotatable bonds is 4. The first-order valence-corrected chi connectivity index (χ1v) is 10.8. The van der Waals surface area contributed by atoms with Crippen molar-refractivity contribution in [1.29, 1.82) is 0 Å². The number of halogens is 1. The Morgan fingerprint density at radius 1 is 1.10 bits per heavy atom. The van der Waals surface area contributed by atoms with Gasteiger partial charge in [-0.25, -0.2) is 4.39 Å². The van der Waals surface area contributed by atoms with Gasteiger partial charge in [0.15, 0.2) is 5.76 Å². The Kier molecular flexibility index (Phi) is 5.30. The summed E-state index contributed by atoms with van der Waals surface area (Å²) in [6, 6.07) is 12.1. The molecule has 1 saturated heterocycles. The standard InChI is InChI=1S/C25H27FN2O2/c1-17-13-20(14-24-25(17)30-12-11-29-24)23-3-2-10-28(23)16-18-4-6-19(7-5-18)22-9-8-21(26)15-27-22/h4-9,14-15,17,23H,2-3,10-13,16H2,1H3/t17?,23-/m0/s1. The molecule has 2 atom stereocenters. The van der Waals surface area contributed by atoms with Gasteiger partial charge in [-0.05, 0) is 55.2 Å². The molecule has 0 spiro atoms. The van der Waals surface area contributed by atoms with Crippen LogP contribution >= 0.6 is 0 Å². The molecule has 5 rings (SSSR count). The van der Waals surface area contributed by atoms with Gasteiger partial charge in [0.1, 0.15) is 24.8 Å². The molecule has 2 aliphatic heterocycles. The summed E-state index contributed by atoms with van der Waals surface area (Å²) < 4.78 is 24.9. The molecule has 0 saturated carbocycles. The predicted molar refractivity (Wildman–Crippen MR) is 114 cm³/mol. The van der Waals surface area contributed by atoms with E-state index in [1.165, 1.54) is 36.2 Å². The van der Waals surface area contributed by atoms with Crippen molar-refractivity contribution in [2.75, 3.05) is 19.8 Å². The maximum atomic E-state index is 13.1. The summed E-state index contributed by atoms with van der Waals surface area (Å²) in [6.45, 7) is 5.57. The van der Waals surface area contributed by atoms with Crippen molar-refractivity contribution in [3.63, 3.8) is 0 Å². The molecule has 1 aromatic carbocycles. The van der Waals surface area contributed by atoms with E-state index in [-0.39, 0.29) is 5.82 Å². The smallest absolute Gasteiger partial charge is 0.157 e. The summed E-state index contributed by atoms with van der Waals surface area (Å²) >= 11 is 0. The van der Waals surface area contributed by atoms with E-state index < -0.39 is 0 Å². The number of pyridine rings is 1. The lowest BCUT2D eigenvalue weighted by atomic mass is 9.87. The van der Waals surface area contributed by atoms with Crippen molar-refractivity contribution in [3.05, 3.63) is 77.1 Å². The molecule has 1 fully saturated rings. The van der Waals surface area contributed by atoms with Crippen LogP contribution in [-0.4, -0.2) is 35.7 Å². The molecule has 30 heavy (non-hydrogen) atoms. The lowest BCUT2D eigenvalue weighted by Gasteiger charge is -2.34. The lowest BCUT2D eigenvalue weighted by molar-refractivity contribution is 0.0498. The van der Waals surface area contributed by atoms with Crippen LogP contribution in [0.3, 0.4) is 0 Å². The van der Waals surface area contributed by atoms with Crippen LogP contribution in [0.15, 0.2) is 65.8 Å². The Hall–Kier alpha value is -2.66. The van der Waals surface area contributed by atoms with Gasteiger partial charge in [-0.15, -0.1) is 0 Å². The van der Waals surface area contributed by atoms with E-state index in [9.17, 15) is 4.39 Å². The maximum Gasteiger partial charge on any atom is 0.157 e. The van der Waals surface area contributed by atoms with E-state index in [4.69, 9.17) is 9.47 Å². The number of hydrogen-bond donors (Lipinski definition) is 0. The van der Waals surface area contributed by atoms with E-state index in [1.807, 2.05) is 0 Å². The van der Waals surface area contributed by atoms with E-state index in [2.05, 4.69) is 47.1 Å².